The number of ether oxygens (including phenoxy) is 2. The van der Waals surface area contributed by atoms with Crippen molar-refractivity contribution in [2.24, 2.45) is 0 Å². The van der Waals surface area contributed by atoms with Crippen molar-refractivity contribution in [2.45, 2.75) is 17.9 Å². The molecule has 1 aliphatic rings. The van der Waals surface area contributed by atoms with Crippen LogP contribution in [-0.2, 0) is 6.54 Å². The largest absolute Gasteiger partial charge is 0.486 e. The second kappa shape index (κ2) is 6.58. The summed E-state index contributed by atoms with van der Waals surface area (Å²) in [5.41, 5.74) is 1.23. The van der Waals surface area contributed by atoms with Gasteiger partial charge in [-0.05, 0) is 24.0 Å². The lowest BCUT2D eigenvalue weighted by Crippen LogP contribution is -2.18. The lowest BCUT2D eigenvalue weighted by Gasteiger charge is -2.20. The summed E-state index contributed by atoms with van der Waals surface area (Å²) in [6, 6.07) is 4.11. The van der Waals surface area contributed by atoms with Crippen molar-refractivity contribution in [3.8, 4) is 23.8 Å². The molecular weight excluding hydrogens is 246 g/mol. The van der Waals surface area contributed by atoms with E-state index in [1.54, 1.807) is 11.8 Å². The topological polar surface area (TPSA) is 30.5 Å². The third-order valence-corrected chi connectivity index (χ3v) is 3.53. The number of benzene rings is 1. The van der Waals surface area contributed by atoms with Gasteiger partial charge in [-0.3, -0.25) is 0 Å². The van der Waals surface area contributed by atoms with Gasteiger partial charge in [-0.2, -0.15) is 0 Å². The van der Waals surface area contributed by atoms with Gasteiger partial charge >= 0.3 is 0 Å². The van der Waals surface area contributed by atoms with Crippen LogP contribution in [0.2, 0.25) is 0 Å². The first-order valence-corrected chi connectivity index (χ1v) is 7.18. The highest BCUT2D eigenvalue weighted by Gasteiger charge is 2.15. The highest BCUT2D eigenvalue weighted by atomic mass is 32.2. The lowest BCUT2D eigenvalue weighted by molar-refractivity contribution is 0.171. The second-order valence-electron chi connectivity index (χ2n) is 3.94. The van der Waals surface area contributed by atoms with Crippen molar-refractivity contribution in [1.82, 2.24) is 5.32 Å². The Morgan fingerprint density at radius 2 is 2.06 bits per heavy atom. The van der Waals surface area contributed by atoms with Gasteiger partial charge in [-0.25, -0.2) is 0 Å². The normalized spacial score (nSPS) is 13.1. The van der Waals surface area contributed by atoms with E-state index in [0.29, 0.717) is 13.2 Å². The van der Waals surface area contributed by atoms with Crippen molar-refractivity contribution in [3.63, 3.8) is 0 Å². The summed E-state index contributed by atoms with van der Waals surface area (Å²) in [7, 11) is 0. The smallest absolute Gasteiger partial charge is 0.162 e. The molecule has 0 atom stereocenters. The maximum atomic E-state index is 5.60. The zero-order valence-corrected chi connectivity index (χ0v) is 11.3. The van der Waals surface area contributed by atoms with Gasteiger partial charge < -0.3 is 14.8 Å². The third kappa shape index (κ3) is 3.12. The van der Waals surface area contributed by atoms with Crippen molar-refractivity contribution in [3.05, 3.63) is 17.7 Å². The van der Waals surface area contributed by atoms with E-state index in [9.17, 15) is 0 Å². The molecule has 0 aromatic heterocycles. The molecule has 3 nitrogen and oxygen atoms in total. The van der Waals surface area contributed by atoms with Crippen molar-refractivity contribution >= 4 is 11.8 Å². The van der Waals surface area contributed by atoms with E-state index in [2.05, 4.69) is 29.6 Å². The van der Waals surface area contributed by atoms with Crippen LogP contribution in [0.5, 0.6) is 11.5 Å². The highest BCUT2D eigenvalue weighted by molar-refractivity contribution is 7.98. The summed E-state index contributed by atoms with van der Waals surface area (Å²) < 4.78 is 11.2. The fourth-order valence-electron chi connectivity index (χ4n) is 1.82. The minimum absolute atomic E-state index is 0.621. The Kier molecular flexibility index (Phi) is 4.80. The Bertz CT molecular complexity index is 454. The molecule has 0 spiro atoms. The van der Waals surface area contributed by atoms with E-state index in [-0.39, 0.29) is 0 Å². The first-order valence-electron chi connectivity index (χ1n) is 5.96. The molecule has 1 N–H and O–H groups in total. The summed E-state index contributed by atoms with van der Waals surface area (Å²) in [4.78, 5) is 1.22. The number of hydrogen-bond acceptors (Lipinski definition) is 4. The van der Waals surface area contributed by atoms with E-state index in [0.717, 1.165) is 31.0 Å². The lowest BCUT2D eigenvalue weighted by atomic mass is 10.2. The minimum atomic E-state index is 0.621. The SMILES string of the molecule is C#CCCNCc1cc2c(cc1SC)OCCO2. The summed E-state index contributed by atoms with van der Waals surface area (Å²) in [5, 5.41) is 3.33. The molecule has 1 aromatic rings. The average molecular weight is 263 g/mol. The zero-order chi connectivity index (χ0) is 12.8. The molecule has 1 aliphatic heterocycles. The van der Waals surface area contributed by atoms with Crippen LogP contribution < -0.4 is 14.8 Å². The van der Waals surface area contributed by atoms with Gasteiger partial charge in [-0.15, -0.1) is 24.1 Å². The molecule has 4 heteroatoms. The van der Waals surface area contributed by atoms with Crippen LogP contribution in [0.4, 0.5) is 0 Å². The molecule has 0 amide bonds. The summed E-state index contributed by atoms with van der Waals surface area (Å²) >= 11 is 1.72. The van der Waals surface area contributed by atoms with Gasteiger partial charge in [0.15, 0.2) is 11.5 Å². The molecule has 0 fully saturated rings. The first-order chi connectivity index (χ1) is 8.85. The highest BCUT2D eigenvalue weighted by Crippen LogP contribution is 2.36. The fourth-order valence-corrected chi connectivity index (χ4v) is 2.44. The molecule has 2 rings (SSSR count). The predicted octanol–water partition coefficient (Wildman–Crippen LogP) is 2.29. The molecule has 0 bridgehead atoms. The van der Waals surface area contributed by atoms with Gasteiger partial charge in [-0.1, -0.05) is 0 Å². The maximum Gasteiger partial charge on any atom is 0.162 e. The Morgan fingerprint density at radius 1 is 1.33 bits per heavy atom. The predicted molar refractivity (Wildman–Crippen MR) is 74.4 cm³/mol. The van der Waals surface area contributed by atoms with Crippen LogP contribution in [0.25, 0.3) is 0 Å². The Labute approximate surface area is 112 Å². The molecule has 0 aliphatic carbocycles. The standard InChI is InChI=1S/C14H17NO2S/c1-3-4-5-15-10-11-8-12-13(9-14(11)18-2)17-7-6-16-12/h1,8-9,15H,4-7,10H2,2H3. The maximum absolute atomic E-state index is 5.60. The molecule has 18 heavy (non-hydrogen) atoms. The van der Waals surface area contributed by atoms with Gasteiger partial charge in [0.25, 0.3) is 0 Å². The summed E-state index contributed by atoms with van der Waals surface area (Å²) in [6.07, 6.45) is 8.04. The number of terminal acetylenes is 1. The third-order valence-electron chi connectivity index (χ3n) is 2.71. The minimum Gasteiger partial charge on any atom is -0.486 e. The van der Waals surface area contributed by atoms with Crippen LogP contribution in [0, 0.1) is 12.3 Å². The molecule has 1 heterocycles. The van der Waals surface area contributed by atoms with Crippen LogP contribution >= 0.6 is 11.8 Å². The molecule has 1 aromatic carbocycles. The molecule has 0 saturated carbocycles. The molecular formula is C14H17NO2S. The van der Waals surface area contributed by atoms with Crippen molar-refractivity contribution in [1.29, 1.82) is 0 Å². The monoisotopic (exact) mass is 263 g/mol. The van der Waals surface area contributed by atoms with E-state index < -0.39 is 0 Å². The Hall–Kier alpha value is -1.31. The van der Waals surface area contributed by atoms with Crippen molar-refractivity contribution in [2.75, 3.05) is 26.0 Å². The van der Waals surface area contributed by atoms with Gasteiger partial charge in [0, 0.05) is 24.4 Å². The quantitative estimate of drug-likeness (QED) is 0.501. The molecule has 0 unspecified atom stereocenters. The zero-order valence-electron chi connectivity index (χ0n) is 10.5. The number of nitrogens with one attached hydrogen (secondary N) is 1. The van der Waals surface area contributed by atoms with E-state index >= 15 is 0 Å². The van der Waals surface area contributed by atoms with Crippen LogP contribution in [0.3, 0.4) is 0 Å². The van der Waals surface area contributed by atoms with Gasteiger partial charge in [0.2, 0.25) is 0 Å². The summed E-state index contributed by atoms with van der Waals surface area (Å²) in [5.74, 6) is 4.31. The Morgan fingerprint density at radius 3 is 2.72 bits per heavy atom. The van der Waals surface area contributed by atoms with Crippen LogP contribution in [-0.4, -0.2) is 26.0 Å². The van der Waals surface area contributed by atoms with Crippen LogP contribution in [0.1, 0.15) is 12.0 Å². The van der Waals surface area contributed by atoms with Gasteiger partial charge in [0.05, 0.1) is 0 Å². The summed E-state index contributed by atoms with van der Waals surface area (Å²) in [6.45, 7) is 2.88. The van der Waals surface area contributed by atoms with Gasteiger partial charge in [0.1, 0.15) is 13.2 Å². The number of thioether (sulfide) groups is 1. The van der Waals surface area contributed by atoms with Crippen molar-refractivity contribution < 1.29 is 9.47 Å². The first kappa shape index (κ1) is 13.1. The molecule has 96 valence electrons. The van der Waals surface area contributed by atoms with Crippen LogP contribution in [0.15, 0.2) is 17.0 Å². The second-order valence-corrected chi connectivity index (χ2v) is 4.79. The van der Waals surface area contributed by atoms with E-state index in [4.69, 9.17) is 15.9 Å². The number of rotatable bonds is 5. The fraction of sp³-hybridized carbons (Fsp3) is 0.429. The van der Waals surface area contributed by atoms with E-state index in [1.807, 2.05) is 0 Å². The Balaban J connectivity index is 2.10. The van der Waals surface area contributed by atoms with E-state index in [1.165, 1.54) is 10.5 Å². The molecule has 0 radical (unpaired) electrons. The average Bonchev–Trinajstić information content (AvgIpc) is 2.42. The number of fused-ring (bicyclic) bond motifs is 1. The molecule has 0 saturated heterocycles. The number of hydrogen-bond donors (Lipinski definition) is 1.